The summed E-state index contributed by atoms with van der Waals surface area (Å²) in [5, 5.41) is 3.84. The third-order valence-corrected chi connectivity index (χ3v) is 3.98. The van der Waals surface area contributed by atoms with E-state index >= 15 is 0 Å². The first-order chi connectivity index (χ1) is 7.15. The summed E-state index contributed by atoms with van der Waals surface area (Å²) in [6.07, 6.45) is 4.15. The maximum absolute atomic E-state index is 3.84. The molecule has 0 aromatic rings. The van der Waals surface area contributed by atoms with Crippen LogP contribution in [0.15, 0.2) is 0 Å². The maximum atomic E-state index is 3.84. The van der Waals surface area contributed by atoms with E-state index in [-0.39, 0.29) is 0 Å². The highest BCUT2D eigenvalue weighted by Crippen LogP contribution is 2.28. The second kappa shape index (κ2) is 4.84. The summed E-state index contributed by atoms with van der Waals surface area (Å²) in [5.41, 5.74) is 0. The largest absolute Gasteiger partial charge is 0.310 e. The molecule has 3 saturated heterocycles. The topological polar surface area (TPSA) is 15.3 Å². The predicted octanol–water partition coefficient (Wildman–Crippen LogP) is 2.10. The van der Waals surface area contributed by atoms with Gasteiger partial charge in [0.1, 0.15) is 0 Å². The minimum Gasteiger partial charge on any atom is -0.310 e. The minimum absolute atomic E-state index is 0.690. The van der Waals surface area contributed by atoms with Crippen molar-refractivity contribution in [2.45, 2.75) is 52.1 Å². The normalized spacial score (nSPS) is 37.2. The van der Waals surface area contributed by atoms with Crippen molar-refractivity contribution >= 4 is 0 Å². The lowest BCUT2D eigenvalue weighted by Crippen LogP contribution is -2.57. The van der Waals surface area contributed by atoms with Gasteiger partial charge in [-0.25, -0.2) is 0 Å². The average Bonchev–Trinajstić information content (AvgIpc) is 2.17. The first-order valence-corrected chi connectivity index (χ1v) is 6.63. The molecule has 3 heterocycles. The number of fused-ring (bicyclic) bond motifs is 3. The molecule has 2 atom stereocenters. The van der Waals surface area contributed by atoms with Gasteiger partial charge in [-0.3, -0.25) is 0 Å². The summed E-state index contributed by atoms with van der Waals surface area (Å²) in [6, 6.07) is 1.47. The molecular weight excluding hydrogens is 184 g/mol. The van der Waals surface area contributed by atoms with Gasteiger partial charge in [-0.1, -0.05) is 13.8 Å². The van der Waals surface area contributed by atoms with Crippen LogP contribution in [0.5, 0.6) is 0 Å². The molecule has 0 saturated carbocycles. The Morgan fingerprint density at radius 1 is 1.20 bits per heavy atom. The summed E-state index contributed by atoms with van der Waals surface area (Å²) in [4.78, 5) is 2.62. The average molecular weight is 210 g/mol. The molecular formula is C13H26N2. The fraction of sp³-hybridized carbons (Fsp3) is 1.00. The quantitative estimate of drug-likeness (QED) is 0.764. The van der Waals surface area contributed by atoms with E-state index in [1.807, 2.05) is 0 Å². The van der Waals surface area contributed by atoms with Crippen molar-refractivity contribution in [2.24, 2.45) is 11.8 Å². The molecule has 2 unspecified atom stereocenters. The van der Waals surface area contributed by atoms with Crippen LogP contribution in [0.1, 0.15) is 40.0 Å². The Morgan fingerprint density at radius 2 is 1.87 bits per heavy atom. The molecule has 3 fully saturated rings. The summed E-state index contributed by atoms with van der Waals surface area (Å²) in [5.74, 6) is 1.78. The zero-order valence-electron chi connectivity index (χ0n) is 10.5. The zero-order chi connectivity index (χ0) is 10.8. The van der Waals surface area contributed by atoms with Crippen molar-refractivity contribution in [3.05, 3.63) is 0 Å². The highest BCUT2D eigenvalue weighted by Gasteiger charge is 2.34. The van der Waals surface area contributed by atoms with Gasteiger partial charge in [0, 0.05) is 18.6 Å². The van der Waals surface area contributed by atoms with Crippen molar-refractivity contribution in [1.29, 1.82) is 0 Å². The van der Waals surface area contributed by atoms with Crippen LogP contribution >= 0.6 is 0 Å². The zero-order valence-corrected chi connectivity index (χ0v) is 10.5. The third kappa shape index (κ3) is 2.94. The van der Waals surface area contributed by atoms with E-state index in [1.165, 1.54) is 38.9 Å². The first-order valence-electron chi connectivity index (χ1n) is 6.63. The number of piperidine rings is 3. The van der Waals surface area contributed by atoms with Crippen LogP contribution in [0.4, 0.5) is 0 Å². The van der Waals surface area contributed by atoms with Crippen molar-refractivity contribution in [2.75, 3.05) is 19.6 Å². The van der Waals surface area contributed by atoms with Gasteiger partial charge in [-0.05, 0) is 51.1 Å². The Kier molecular flexibility index (Phi) is 3.68. The van der Waals surface area contributed by atoms with E-state index in [9.17, 15) is 0 Å². The molecule has 0 spiro atoms. The van der Waals surface area contributed by atoms with Crippen LogP contribution in [-0.4, -0.2) is 36.6 Å². The van der Waals surface area contributed by atoms with Gasteiger partial charge in [-0.15, -0.1) is 0 Å². The van der Waals surface area contributed by atoms with Crippen LogP contribution in [0, 0.1) is 11.8 Å². The second-order valence-corrected chi connectivity index (χ2v) is 5.94. The molecule has 15 heavy (non-hydrogen) atoms. The monoisotopic (exact) mass is 210 g/mol. The number of rotatable bonds is 4. The van der Waals surface area contributed by atoms with Gasteiger partial charge in [0.05, 0.1) is 0 Å². The van der Waals surface area contributed by atoms with Gasteiger partial charge >= 0.3 is 0 Å². The lowest BCUT2D eigenvalue weighted by molar-refractivity contribution is 0.0667. The molecule has 0 amide bonds. The van der Waals surface area contributed by atoms with Crippen LogP contribution in [-0.2, 0) is 0 Å². The Morgan fingerprint density at radius 3 is 2.33 bits per heavy atom. The summed E-state index contributed by atoms with van der Waals surface area (Å²) >= 11 is 0. The van der Waals surface area contributed by atoms with Crippen molar-refractivity contribution in [1.82, 2.24) is 10.2 Å². The SMILES string of the molecule is CC(C)CC(C)NC1CN2CCC1CC2. The molecule has 3 aliphatic heterocycles. The summed E-state index contributed by atoms with van der Waals surface area (Å²) in [6.45, 7) is 11.0. The minimum atomic E-state index is 0.690. The molecule has 2 heteroatoms. The van der Waals surface area contributed by atoms with Crippen LogP contribution in [0.25, 0.3) is 0 Å². The van der Waals surface area contributed by atoms with E-state index in [0.717, 1.165) is 17.9 Å². The molecule has 0 radical (unpaired) electrons. The van der Waals surface area contributed by atoms with Crippen molar-refractivity contribution in [3.8, 4) is 0 Å². The molecule has 2 bridgehead atoms. The van der Waals surface area contributed by atoms with Crippen molar-refractivity contribution in [3.63, 3.8) is 0 Å². The van der Waals surface area contributed by atoms with Gasteiger partial charge in [0.25, 0.3) is 0 Å². The second-order valence-electron chi connectivity index (χ2n) is 5.94. The van der Waals surface area contributed by atoms with Gasteiger partial charge < -0.3 is 10.2 Å². The first kappa shape index (κ1) is 11.4. The van der Waals surface area contributed by atoms with E-state index in [0.29, 0.717) is 6.04 Å². The Balaban J connectivity index is 1.79. The lowest BCUT2D eigenvalue weighted by atomic mass is 9.83. The van der Waals surface area contributed by atoms with Gasteiger partial charge in [0.2, 0.25) is 0 Å². The molecule has 0 aromatic heterocycles. The van der Waals surface area contributed by atoms with Gasteiger partial charge in [0.15, 0.2) is 0 Å². The number of nitrogens with zero attached hydrogens (tertiary/aromatic N) is 1. The van der Waals surface area contributed by atoms with Crippen LogP contribution < -0.4 is 5.32 Å². The molecule has 1 N–H and O–H groups in total. The smallest absolute Gasteiger partial charge is 0.0226 e. The van der Waals surface area contributed by atoms with Crippen molar-refractivity contribution < 1.29 is 0 Å². The van der Waals surface area contributed by atoms with E-state index in [4.69, 9.17) is 0 Å². The molecule has 3 rings (SSSR count). The number of hydrogen-bond acceptors (Lipinski definition) is 2. The molecule has 3 aliphatic rings. The molecule has 2 nitrogen and oxygen atoms in total. The van der Waals surface area contributed by atoms with Gasteiger partial charge in [-0.2, -0.15) is 0 Å². The summed E-state index contributed by atoms with van der Waals surface area (Å²) < 4.78 is 0. The third-order valence-electron chi connectivity index (χ3n) is 3.98. The molecule has 0 aliphatic carbocycles. The fourth-order valence-corrected chi connectivity index (χ4v) is 3.29. The predicted molar refractivity (Wildman–Crippen MR) is 65.0 cm³/mol. The van der Waals surface area contributed by atoms with Crippen LogP contribution in [0.3, 0.4) is 0 Å². The highest BCUT2D eigenvalue weighted by molar-refractivity contribution is 4.91. The van der Waals surface area contributed by atoms with Crippen LogP contribution in [0.2, 0.25) is 0 Å². The molecule has 0 aromatic carbocycles. The lowest BCUT2D eigenvalue weighted by Gasteiger charge is -2.46. The Hall–Kier alpha value is -0.0800. The Bertz CT molecular complexity index is 195. The number of hydrogen-bond donors (Lipinski definition) is 1. The fourth-order valence-electron chi connectivity index (χ4n) is 3.29. The number of nitrogens with one attached hydrogen (secondary N) is 1. The maximum Gasteiger partial charge on any atom is 0.0226 e. The Labute approximate surface area is 94.4 Å². The highest BCUT2D eigenvalue weighted by atomic mass is 15.2. The standard InChI is InChI=1S/C13H26N2/c1-10(2)8-11(3)14-13-9-15-6-4-12(13)5-7-15/h10-14H,4-9H2,1-3H3. The van der Waals surface area contributed by atoms with E-state index in [2.05, 4.69) is 31.0 Å². The molecule has 88 valence electrons. The summed E-state index contributed by atoms with van der Waals surface area (Å²) in [7, 11) is 0. The van der Waals surface area contributed by atoms with E-state index < -0.39 is 0 Å². The van der Waals surface area contributed by atoms with E-state index in [1.54, 1.807) is 0 Å².